The SMILES string of the molecule is Cc1cc(OC(=O)[C@@H]2CC(=O)N([C@H](C)c3ccccc3)C2)ccc1N1C(=O)[C@@H]2[C@H]3C=C[C@@H]([C@@H]4C[C@H]34)[C@@H]2C1=O. The number of carbonyl (C=O) groups excluding carboxylic acids is 4. The lowest BCUT2D eigenvalue weighted by Crippen LogP contribution is -2.40. The maximum Gasteiger partial charge on any atom is 0.316 e. The van der Waals surface area contributed by atoms with Crippen LogP contribution in [-0.4, -0.2) is 35.1 Å². The fraction of sp³-hybridized carbons (Fsp3) is 0.419. The number of aryl methyl sites for hydroxylation is 1. The van der Waals surface area contributed by atoms with Crippen molar-refractivity contribution < 1.29 is 23.9 Å². The van der Waals surface area contributed by atoms with E-state index >= 15 is 0 Å². The maximum atomic E-state index is 13.5. The first-order chi connectivity index (χ1) is 18.3. The molecule has 6 aliphatic rings. The van der Waals surface area contributed by atoms with Gasteiger partial charge in [-0.1, -0.05) is 42.5 Å². The molecule has 2 aromatic rings. The van der Waals surface area contributed by atoms with Crippen LogP contribution in [0.5, 0.6) is 5.75 Å². The molecule has 2 saturated carbocycles. The lowest BCUT2D eigenvalue weighted by atomic mass is 9.63. The van der Waals surface area contributed by atoms with E-state index in [0.29, 0.717) is 35.4 Å². The zero-order chi connectivity index (χ0) is 26.3. The number of allylic oxidation sites excluding steroid dienone is 2. The molecule has 2 aliphatic heterocycles. The average Bonchev–Trinajstić information content (AvgIpc) is 3.60. The monoisotopic (exact) mass is 510 g/mol. The lowest BCUT2D eigenvalue weighted by molar-refractivity contribution is -0.139. The normalized spacial score (nSPS) is 33.4. The van der Waals surface area contributed by atoms with E-state index in [0.717, 1.165) is 12.0 Å². The minimum absolute atomic E-state index is 0.0662. The van der Waals surface area contributed by atoms with Crippen LogP contribution in [0.3, 0.4) is 0 Å². The molecule has 2 bridgehead atoms. The highest BCUT2D eigenvalue weighted by Gasteiger charge is 2.67. The standard InChI is InChI=1S/C31H30N2O5/c1-16-12-20(38-31(37)19-13-26(34)32(15-19)17(2)18-6-4-3-5-7-18)8-11-25(16)33-29(35)27-21-9-10-22(24-14-23(21)24)28(27)30(33)36/h3-12,17,19,21-24,27-28H,13-15H2,1-2H3/t17-,19-,21+,22+,23-,24+,27-,28+/m1/s1. The predicted octanol–water partition coefficient (Wildman–Crippen LogP) is 4.07. The third kappa shape index (κ3) is 3.40. The van der Waals surface area contributed by atoms with Gasteiger partial charge in [0.15, 0.2) is 0 Å². The molecule has 2 aromatic carbocycles. The molecule has 4 aliphatic carbocycles. The number of rotatable bonds is 5. The van der Waals surface area contributed by atoms with E-state index in [4.69, 9.17) is 4.74 Å². The Morgan fingerprint density at radius 2 is 1.61 bits per heavy atom. The summed E-state index contributed by atoms with van der Waals surface area (Å²) in [5, 5.41) is 0. The Morgan fingerprint density at radius 1 is 0.947 bits per heavy atom. The van der Waals surface area contributed by atoms with Crippen molar-refractivity contribution >= 4 is 29.4 Å². The topological polar surface area (TPSA) is 84.0 Å². The molecular weight excluding hydrogens is 480 g/mol. The molecule has 7 heteroatoms. The highest BCUT2D eigenvalue weighted by Crippen LogP contribution is 2.65. The zero-order valence-corrected chi connectivity index (χ0v) is 21.4. The number of likely N-dealkylation sites (tertiary alicyclic amines) is 1. The van der Waals surface area contributed by atoms with E-state index in [1.807, 2.05) is 44.2 Å². The van der Waals surface area contributed by atoms with Crippen LogP contribution in [0.4, 0.5) is 5.69 Å². The summed E-state index contributed by atoms with van der Waals surface area (Å²) in [6, 6.07) is 14.7. The maximum absolute atomic E-state index is 13.5. The first-order valence-electron chi connectivity index (χ1n) is 13.6. The second-order valence-corrected chi connectivity index (χ2v) is 11.6. The molecule has 194 valence electrons. The summed E-state index contributed by atoms with van der Waals surface area (Å²) in [7, 11) is 0. The number of amides is 3. The minimum Gasteiger partial charge on any atom is -0.426 e. The molecule has 8 atom stereocenters. The Balaban J connectivity index is 1.05. The molecule has 38 heavy (non-hydrogen) atoms. The van der Waals surface area contributed by atoms with Gasteiger partial charge in [0.1, 0.15) is 5.75 Å². The van der Waals surface area contributed by atoms with Gasteiger partial charge in [0.05, 0.1) is 29.5 Å². The average molecular weight is 511 g/mol. The molecule has 4 fully saturated rings. The van der Waals surface area contributed by atoms with Crippen molar-refractivity contribution in [1.82, 2.24) is 4.90 Å². The Morgan fingerprint density at radius 3 is 2.24 bits per heavy atom. The van der Waals surface area contributed by atoms with Gasteiger partial charge in [-0.25, -0.2) is 4.90 Å². The van der Waals surface area contributed by atoms with E-state index < -0.39 is 11.9 Å². The van der Waals surface area contributed by atoms with Gasteiger partial charge in [-0.05, 0) is 73.3 Å². The summed E-state index contributed by atoms with van der Waals surface area (Å²) in [4.78, 5) is 55.7. The van der Waals surface area contributed by atoms with Crippen molar-refractivity contribution in [3.8, 4) is 5.75 Å². The molecule has 0 N–H and O–H groups in total. The Hall–Kier alpha value is -3.74. The number of esters is 1. The van der Waals surface area contributed by atoms with Gasteiger partial charge < -0.3 is 9.64 Å². The van der Waals surface area contributed by atoms with E-state index in [9.17, 15) is 19.2 Å². The summed E-state index contributed by atoms with van der Waals surface area (Å²) >= 11 is 0. The van der Waals surface area contributed by atoms with Crippen LogP contribution in [0.25, 0.3) is 0 Å². The quantitative estimate of drug-likeness (QED) is 0.262. The summed E-state index contributed by atoms with van der Waals surface area (Å²) < 4.78 is 5.67. The van der Waals surface area contributed by atoms with Crippen molar-refractivity contribution in [1.29, 1.82) is 0 Å². The molecule has 8 rings (SSSR count). The number of nitrogens with zero attached hydrogens (tertiary/aromatic N) is 2. The molecule has 0 spiro atoms. The van der Waals surface area contributed by atoms with E-state index in [1.165, 1.54) is 4.90 Å². The van der Waals surface area contributed by atoms with Crippen molar-refractivity contribution in [2.75, 3.05) is 11.4 Å². The van der Waals surface area contributed by atoms with Crippen LogP contribution in [0, 0.1) is 48.3 Å². The minimum atomic E-state index is -0.548. The third-order valence-electron chi connectivity index (χ3n) is 9.53. The van der Waals surface area contributed by atoms with E-state index in [2.05, 4.69) is 12.2 Å². The number of ether oxygens (including phenoxy) is 1. The Kier molecular flexibility index (Phi) is 5.16. The number of carbonyl (C=O) groups is 4. The molecule has 0 aromatic heterocycles. The molecule has 2 saturated heterocycles. The molecule has 3 amide bonds. The number of anilines is 1. The summed E-state index contributed by atoms with van der Waals surface area (Å²) in [6.07, 6.45) is 5.58. The molecule has 0 radical (unpaired) electrons. The van der Waals surface area contributed by atoms with Crippen LogP contribution >= 0.6 is 0 Å². The van der Waals surface area contributed by atoms with Gasteiger partial charge in [-0.15, -0.1) is 0 Å². The lowest BCUT2D eigenvalue weighted by Gasteiger charge is -2.37. The molecular formula is C31H30N2O5. The van der Waals surface area contributed by atoms with Gasteiger partial charge in [0.2, 0.25) is 17.7 Å². The highest BCUT2D eigenvalue weighted by molar-refractivity contribution is 6.23. The van der Waals surface area contributed by atoms with Crippen molar-refractivity contribution in [2.45, 2.75) is 32.7 Å². The first-order valence-corrected chi connectivity index (χ1v) is 13.6. The second-order valence-electron chi connectivity index (χ2n) is 11.6. The van der Waals surface area contributed by atoms with Crippen LogP contribution in [0.1, 0.15) is 36.9 Å². The van der Waals surface area contributed by atoms with Crippen molar-refractivity contribution in [2.24, 2.45) is 41.4 Å². The highest BCUT2D eigenvalue weighted by atomic mass is 16.5. The van der Waals surface area contributed by atoms with Gasteiger partial charge >= 0.3 is 5.97 Å². The van der Waals surface area contributed by atoms with Crippen molar-refractivity contribution in [3.63, 3.8) is 0 Å². The van der Waals surface area contributed by atoms with Crippen LogP contribution in [0.2, 0.25) is 0 Å². The molecule has 7 nitrogen and oxygen atoms in total. The number of benzene rings is 2. The summed E-state index contributed by atoms with van der Waals surface area (Å²) in [5.74, 6) is 0.0387. The fourth-order valence-electron chi connectivity index (χ4n) is 7.51. The van der Waals surface area contributed by atoms with Gasteiger partial charge in [0.25, 0.3) is 0 Å². The second kappa shape index (κ2) is 8.38. The van der Waals surface area contributed by atoms with Crippen molar-refractivity contribution in [3.05, 3.63) is 71.8 Å². The van der Waals surface area contributed by atoms with Gasteiger partial charge in [0, 0.05) is 13.0 Å². The van der Waals surface area contributed by atoms with Crippen LogP contribution in [-0.2, 0) is 19.2 Å². The smallest absolute Gasteiger partial charge is 0.316 e. The summed E-state index contributed by atoms with van der Waals surface area (Å²) in [6.45, 7) is 4.09. The summed E-state index contributed by atoms with van der Waals surface area (Å²) in [5.41, 5.74) is 2.27. The van der Waals surface area contributed by atoms with E-state index in [-0.39, 0.29) is 53.9 Å². The third-order valence-corrected chi connectivity index (χ3v) is 9.53. The number of imide groups is 1. The van der Waals surface area contributed by atoms with Gasteiger partial charge in [-0.2, -0.15) is 0 Å². The largest absolute Gasteiger partial charge is 0.426 e. The van der Waals surface area contributed by atoms with Crippen LogP contribution in [0.15, 0.2) is 60.7 Å². The predicted molar refractivity (Wildman–Crippen MR) is 139 cm³/mol. The Labute approximate surface area is 221 Å². The first kappa shape index (κ1) is 23.4. The number of hydrogen-bond donors (Lipinski definition) is 0. The molecule has 0 unspecified atom stereocenters. The Bertz CT molecular complexity index is 1360. The van der Waals surface area contributed by atoms with E-state index in [1.54, 1.807) is 23.1 Å². The van der Waals surface area contributed by atoms with Crippen LogP contribution < -0.4 is 9.64 Å². The molecule has 2 heterocycles. The number of hydrogen-bond acceptors (Lipinski definition) is 5. The fourth-order valence-corrected chi connectivity index (χ4v) is 7.51. The zero-order valence-electron chi connectivity index (χ0n) is 21.4. The van der Waals surface area contributed by atoms with Gasteiger partial charge in [-0.3, -0.25) is 19.2 Å².